The first kappa shape index (κ1) is 13.4. The molecule has 0 saturated heterocycles. The van der Waals surface area contributed by atoms with Gasteiger partial charge in [0, 0.05) is 35.3 Å². The summed E-state index contributed by atoms with van der Waals surface area (Å²) in [6, 6.07) is 4.21. The number of aliphatic hydroxyl groups excluding tert-OH is 1. The number of hydrogen-bond donors (Lipinski definition) is 1. The molecule has 2 aromatic rings. The number of nitrogens with zero attached hydrogens (tertiary/aromatic N) is 1. The van der Waals surface area contributed by atoms with Crippen LogP contribution in [0.25, 0.3) is 10.9 Å². The van der Waals surface area contributed by atoms with Crippen LogP contribution in [0, 0.1) is 6.92 Å². The number of aliphatic hydroxyl groups is 1. The van der Waals surface area contributed by atoms with Crippen LogP contribution in [0.4, 0.5) is 0 Å². The lowest BCUT2D eigenvalue weighted by Crippen LogP contribution is -1.98. The first-order chi connectivity index (χ1) is 8.54. The summed E-state index contributed by atoms with van der Waals surface area (Å²) in [5.41, 5.74) is 3.64. The van der Waals surface area contributed by atoms with Gasteiger partial charge in [-0.1, -0.05) is 25.4 Å². The molecule has 0 aliphatic rings. The Morgan fingerprint density at radius 2 is 2.06 bits per heavy atom. The number of aromatic nitrogens is 1. The molecule has 1 heterocycles. The minimum absolute atomic E-state index is 0.219. The molecule has 1 aromatic carbocycles. The lowest BCUT2D eigenvalue weighted by atomic mass is 10.0. The Labute approximate surface area is 113 Å². The largest absolute Gasteiger partial charge is 0.396 e. The van der Waals surface area contributed by atoms with Gasteiger partial charge in [0.1, 0.15) is 0 Å². The van der Waals surface area contributed by atoms with E-state index in [4.69, 9.17) is 16.7 Å². The molecule has 1 aromatic heterocycles. The fourth-order valence-electron chi connectivity index (χ4n) is 2.33. The monoisotopic (exact) mass is 265 g/mol. The molecule has 0 amide bonds. The number of rotatable bonds is 4. The van der Waals surface area contributed by atoms with Gasteiger partial charge in [0.05, 0.1) is 0 Å². The van der Waals surface area contributed by atoms with E-state index in [0.29, 0.717) is 5.92 Å². The van der Waals surface area contributed by atoms with Gasteiger partial charge in [-0.05, 0) is 42.5 Å². The number of fused-ring (bicyclic) bond motifs is 1. The fraction of sp³-hybridized carbons (Fsp3) is 0.467. The highest BCUT2D eigenvalue weighted by Crippen LogP contribution is 2.31. The fourth-order valence-corrected chi connectivity index (χ4v) is 2.49. The lowest BCUT2D eigenvalue weighted by Gasteiger charge is -2.05. The number of hydrogen-bond acceptors (Lipinski definition) is 1. The average molecular weight is 266 g/mol. The van der Waals surface area contributed by atoms with E-state index in [9.17, 15) is 0 Å². The van der Waals surface area contributed by atoms with Crippen molar-refractivity contribution < 1.29 is 5.11 Å². The molecule has 3 heteroatoms. The van der Waals surface area contributed by atoms with E-state index in [1.807, 2.05) is 13.0 Å². The van der Waals surface area contributed by atoms with Crippen molar-refractivity contribution in [3.63, 3.8) is 0 Å². The molecule has 0 fully saturated rings. The highest BCUT2D eigenvalue weighted by molar-refractivity contribution is 6.32. The smallest absolute Gasteiger partial charge is 0.0498 e. The van der Waals surface area contributed by atoms with Crippen molar-refractivity contribution in [2.75, 3.05) is 6.61 Å². The van der Waals surface area contributed by atoms with E-state index in [0.717, 1.165) is 23.6 Å². The first-order valence-corrected chi connectivity index (χ1v) is 6.82. The summed E-state index contributed by atoms with van der Waals surface area (Å²) in [4.78, 5) is 0. The van der Waals surface area contributed by atoms with Gasteiger partial charge in [0.2, 0.25) is 0 Å². The van der Waals surface area contributed by atoms with E-state index >= 15 is 0 Å². The second kappa shape index (κ2) is 5.33. The third kappa shape index (κ3) is 2.40. The molecule has 0 radical (unpaired) electrons. The zero-order valence-corrected chi connectivity index (χ0v) is 12.0. The summed E-state index contributed by atoms with van der Waals surface area (Å²) >= 11 is 6.22. The van der Waals surface area contributed by atoms with E-state index in [1.54, 1.807) is 0 Å². The van der Waals surface area contributed by atoms with Crippen molar-refractivity contribution >= 4 is 22.5 Å². The summed E-state index contributed by atoms with van der Waals surface area (Å²) in [7, 11) is 0. The number of halogens is 1. The molecule has 2 nitrogen and oxygen atoms in total. The quantitative estimate of drug-likeness (QED) is 0.884. The third-order valence-corrected chi connectivity index (χ3v) is 3.78. The van der Waals surface area contributed by atoms with Gasteiger partial charge in [-0.2, -0.15) is 0 Å². The van der Waals surface area contributed by atoms with Crippen molar-refractivity contribution in [2.24, 2.45) is 0 Å². The normalized spacial score (nSPS) is 11.7. The summed E-state index contributed by atoms with van der Waals surface area (Å²) < 4.78 is 2.20. The molecule has 0 unspecified atom stereocenters. The van der Waals surface area contributed by atoms with Gasteiger partial charge < -0.3 is 9.67 Å². The van der Waals surface area contributed by atoms with Crippen LogP contribution in [-0.2, 0) is 6.54 Å². The van der Waals surface area contributed by atoms with Gasteiger partial charge in [-0.25, -0.2) is 0 Å². The predicted molar refractivity (Wildman–Crippen MR) is 77.5 cm³/mol. The Morgan fingerprint density at radius 1 is 1.33 bits per heavy atom. The molecule has 98 valence electrons. The van der Waals surface area contributed by atoms with Crippen LogP contribution in [0.3, 0.4) is 0 Å². The van der Waals surface area contributed by atoms with Crippen LogP contribution in [0.1, 0.15) is 37.3 Å². The zero-order chi connectivity index (χ0) is 13.3. The van der Waals surface area contributed by atoms with Gasteiger partial charge in [-0.15, -0.1) is 0 Å². The second-order valence-electron chi connectivity index (χ2n) is 5.13. The maximum atomic E-state index is 8.97. The third-order valence-electron chi connectivity index (χ3n) is 3.37. The molecule has 2 rings (SSSR count). The van der Waals surface area contributed by atoms with Crippen molar-refractivity contribution in [1.82, 2.24) is 4.57 Å². The SMILES string of the molecule is Cc1cc2c(C(C)C)cn(CCCO)c2cc1Cl. The van der Waals surface area contributed by atoms with E-state index in [2.05, 4.69) is 30.7 Å². The van der Waals surface area contributed by atoms with Gasteiger partial charge in [0.15, 0.2) is 0 Å². The Kier molecular flexibility index (Phi) is 3.98. The molecule has 0 saturated carbocycles. The van der Waals surface area contributed by atoms with E-state index in [-0.39, 0.29) is 6.61 Å². The summed E-state index contributed by atoms with van der Waals surface area (Å²) in [5, 5.41) is 11.1. The minimum Gasteiger partial charge on any atom is -0.396 e. The van der Waals surface area contributed by atoms with Crippen molar-refractivity contribution in [2.45, 2.75) is 39.7 Å². The van der Waals surface area contributed by atoms with E-state index < -0.39 is 0 Å². The van der Waals surface area contributed by atoms with Crippen LogP contribution in [0.2, 0.25) is 5.02 Å². The highest BCUT2D eigenvalue weighted by Gasteiger charge is 2.12. The molecule has 0 aliphatic carbocycles. The molecule has 0 bridgehead atoms. The van der Waals surface area contributed by atoms with Gasteiger partial charge in [-0.3, -0.25) is 0 Å². The predicted octanol–water partition coefficient (Wildman–Crippen LogP) is 4.11. The van der Waals surface area contributed by atoms with Crippen molar-refractivity contribution in [1.29, 1.82) is 0 Å². The average Bonchev–Trinajstić information content (AvgIpc) is 2.66. The molecular formula is C15H20ClNO. The van der Waals surface area contributed by atoms with Crippen LogP contribution >= 0.6 is 11.6 Å². The van der Waals surface area contributed by atoms with Crippen LogP contribution < -0.4 is 0 Å². The Balaban J connectivity index is 2.61. The van der Waals surface area contributed by atoms with Gasteiger partial charge in [0.25, 0.3) is 0 Å². The van der Waals surface area contributed by atoms with Crippen LogP contribution in [-0.4, -0.2) is 16.3 Å². The van der Waals surface area contributed by atoms with Crippen molar-refractivity contribution in [3.05, 3.63) is 34.5 Å². The first-order valence-electron chi connectivity index (χ1n) is 6.44. The topological polar surface area (TPSA) is 25.2 Å². The summed E-state index contributed by atoms with van der Waals surface area (Å²) in [6.45, 7) is 7.50. The number of benzene rings is 1. The Hall–Kier alpha value is -0.990. The molecule has 0 aliphatic heterocycles. The Morgan fingerprint density at radius 3 is 2.67 bits per heavy atom. The lowest BCUT2D eigenvalue weighted by molar-refractivity contribution is 0.280. The summed E-state index contributed by atoms with van der Waals surface area (Å²) in [6.07, 6.45) is 2.97. The molecule has 18 heavy (non-hydrogen) atoms. The zero-order valence-electron chi connectivity index (χ0n) is 11.2. The Bertz CT molecular complexity index is 557. The standard InChI is InChI=1S/C15H20ClNO/c1-10(2)13-9-17(5-4-6-18)15-8-14(16)11(3)7-12(13)15/h7-10,18H,4-6H2,1-3H3. The highest BCUT2D eigenvalue weighted by atomic mass is 35.5. The molecule has 0 spiro atoms. The maximum absolute atomic E-state index is 8.97. The van der Waals surface area contributed by atoms with E-state index in [1.165, 1.54) is 16.5 Å². The molecular weight excluding hydrogens is 246 g/mol. The number of aryl methyl sites for hydroxylation is 2. The van der Waals surface area contributed by atoms with Crippen LogP contribution in [0.15, 0.2) is 18.3 Å². The maximum Gasteiger partial charge on any atom is 0.0498 e. The summed E-state index contributed by atoms with van der Waals surface area (Å²) in [5.74, 6) is 0.489. The minimum atomic E-state index is 0.219. The molecule has 1 N–H and O–H groups in total. The molecule has 0 atom stereocenters. The van der Waals surface area contributed by atoms with Gasteiger partial charge >= 0.3 is 0 Å². The van der Waals surface area contributed by atoms with Crippen molar-refractivity contribution in [3.8, 4) is 0 Å². The van der Waals surface area contributed by atoms with Crippen LogP contribution in [0.5, 0.6) is 0 Å². The second-order valence-corrected chi connectivity index (χ2v) is 5.54.